The molecular weight excluding hydrogens is 156 g/mol. The summed E-state index contributed by atoms with van der Waals surface area (Å²) in [4.78, 5) is 0. The van der Waals surface area contributed by atoms with Gasteiger partial charge in [-0.2, -0.15) is 17.0 Å². The number of rotatable bonds is 5. The number of nitrogens with one attached hydrogen (secondary N) is 1. The molecule has 0 spiro atoms. The van der Waals surface area contributed by atoms with Crippen molar-refractivity contribution in [3.05, 3.63) is 0 Å². The molecule has 11 heavy (non-hydrogen) atoms. The monoisotopic (exact) mass is 172 g/mol. The van der Waals surface area contributed by atoms with E-state index in [-0.39, 0.29) is 6.04 Å². The fourth-order valence-electron chi connectivity index (χ4n) is 0.876. The highest BCUT2D eigenvalue weighted by Gasteiger charge is 2.07. The van der Waals surface area contributed by atoms with E-state index in [2.05, 4.69) is 24.6 Å². The minimum Gasteiger partial charge on any atom is -0.299 e. The Morgan fingerprint density at radius 1 is 1.64 bits per heavy atom. The molecule has 0 aromatic rings. The van der Waals surface area contributed by atoms with Gasteiger partial charge in [0, 0.05) is 11.8 Å². The first-order chi connectivity index (χ1) is 5.24. The average Bonchev–Trinajstić information content (AvgIpc) is 2.03. The van der Waals surface area contributed by atoms with E-state index >= 15 is 0 Å². The Balaban J connectivity index is 3.60. The van der Waals surface area contributed by atoms with Gasteiger partial charge in [0.15, 0.2) is 0 Å². The van der Waals surface area contributed by atoms with Crippen LogP contribution in [-0.2, 0) is 0 Å². The fourth-order valence-corrected chi connectivity index (χ4v) is 1.61. The highest BCUT2D eigenvalue weighted by Crippen LogP contribution is 2.01. The summed E-state index contributed by atoms with van der Waals surface area (Å²) in [6.07, 6.45) is 3.17. The molecule has 0 aliphatic heterocycles. The Bertz CT molecular complexity index is 131. The SMILES string of the molecule is CCC(CSC)NC(C)C#N. The lowest BCUT2D eigenvalue weighted by Crippen LogP contribution is -2.36. The molecule has 0 aliphatic carbocycles. The fraction of sp³-hybridized carbons (Fsp3) is 0.875. The molecule has 0 aliphatic rings. The van der Waals surface area contributed by atoms with E-state index in [1.54, 1.807) is 0 Å². The van der Waals surface area contributed by atoms with Crippen LogP contribution in [0.5, 0.6) is 0 Å². The summed E-state index contributed by atoms with van der Waals surface area (Å²) in [6, 6.07) is 2.63. The zero-order valence-corrected chi connectivity index (χ0v) is 8.24. The lowest BCUT2D eigenvalue weighted by Gasteiger charge is -2.16. The van der Waals surface area contributed by atoms with Gasteiger partial charge in [0.2, 0.25) is 0 Å². The normalized spacial score (nSPS) is 15.5. The van der Waals surface area contributed by atoms with Gasteiger partial charge in [-0.25, -0.2) is 0 Å². The highest BCUT2D eigenvalue weighted by molar-refractivity contribution is 7.98. The van der Waals surface area contributed by atoms with Crippen molar-refractivity contribution in [1.82, 2.24) is 5.32 Å². The van der Waals surface area contributed by atoms with Gasteiger partial charge in [0.1, 0.15) is 0 Å². The maximum Gasteiger partial charge on any atom is 0.0926 e. The van der Waals surface area contributed by atoms with Crippen LogP contribution in [0.3, 0.4) is 0 Å². The minimum absolute atomic E-state index is 0.0212. The van der Waals surface area contributed by atoms with Crippen molar-refractivity contribution in [3.63, 3.8) is 0 Å². The van der Waals surface area contributed by atoms with Crippen LogP contribution in [0.4, 0.5) is 0 Å². The second-order valence-electron chi connectivity index (χ2n) is 2.58. The van der Waals surface area contributed by atoms with E-state index in [1.807, 2.05) is 18.7 Å². The van der Waals surface area contributed by atoms with Gasteiger partial charge in [0.25, 0.3) is 0 Å². The van der Waals surface area contributed by atoms with E-state index in [1.165, 1.54) is 0 Å². The molecule has 0 aromatic heterocycles. The molecule has 2 nitrogen and oxygen atoms in total. The van der Waals surface area contributed by atoms with Gasteiger partial charge >= 0.3 is 0 Å². The van der Waals surface area contributed by atoms with Crippen LogP contribution < -0.4 is 5.32 Å². The van der Waals surface area contributed by atoms with Gasteiger partial charge in [-0.05, 0) is 19.6 Å². The van der Waals surface area contributed by atoms with E-state index < -0.39 is 0 Å². The van der Waals surface area contributed by atoms with Crippen LogP contribution in [0.15, 0.2) is 0 Å². The van der Waals surface area contributed by atoms with Crippen LogP contribution in [0.25, 0.3) is 0 Å². The smallest absolute Gasteiger partial charge is 0.0926 e. The van der Waals surface area contributed by atoms with Gasteiger partial charge in [-0.3, -0.25) is 5.32 Å². The summed E-state index contributed by atoms with van der Waals surface area (Å²) in [7, 11) is 0. The van der Waals surface area contributed by atoms with Crippen molar-refractivity contribution in [3.8, 4) is 6.07 Å². The lowest BCUT2D eigenvalue weighted by molar-refractivity contribution is 0.516. The van der Waals surface area contributed by atoms with E-state index in [0.29, 0.717) is 6.04 Å². The Morgan fingerprint density at radius 2 is 2.27 bits per heavy atom. The maximum atomic E-state index is 8.53. The Labute approximate surface area is 73.4 Å². The summed E-state index contributed by atoms with van der Waals surface area (Å²) in [5, 5.41) is 11.8. The Morgan fingerprint density at radius 3 is 2.64 bits per heavy atom. The highest BCUT2D eigenvalue weighted by atomic mass is 32.2. The molecule has 2 atom stereocenters. The number of nitriles is 1. The molecule has 0 heterocycles. The standard InChI is InChI=1S/C8H16N2S/c1-4-8(6-11-3)10-7(2)5-9/h7-8,10H,4,6H2,1-3H3. The van der Waals surface area contributed by atoms with Gasteiger partial charge in [-0.1, -0.05) is 6.92 Å². The Kier molecular flexibility index (Phi) is 6.39. The van der Waals surface area contributed by atoms with Crippen molar-refractivity contribution in [1.29, 1.82) is 5.26 Å². The molecule has 0 bridgehead atoms. The molecule has 1 N–H and O–H groups in total. The first-order valence-corrected chi connectivity index (χ1v) is 5.28. The molecule has 0 aromatic carbocycles. The molecule has 0 rings (SSSR count). The van der Waals surface area contributed by atoms with Gasteiger partial charge in [0.05, 0.1) is 12.1 Å². The third-order valence-electron chi connectivity index (χ3n) is 1.54. The van der Waals surface area contributed by atoms with E-state index in [0.717, 1.165) is 12.2 Å². The molecule has 0 amide bonds. The van der Waals surface area contributed by atoms with Gasteiger partial charge in [-0.15, -0.1) is 0 Å². The molecular formula is C8H16N2S. The van der Waals surface area contributed by atoms with Crippen LogP contribution in [0.1, 0.15) is 20.3 Å². The molecule has 0 saturated carbocycles. The number of nitrogens with zero attached hydrogens (tertiary/aromatic N) is 1. The third-order valence-corrected chi connectivity index (χ3v) is 2.28. The van der Waals surface area contributed by atoms with E-state index in [4.69, 9.17) is 5.26 Å². The number of hydrogen-bond donors (Lipinski definition) is 1. The lowest BCUT2D eigenvalue weighted by atomic mass is 10.2. The topological polar surface area (TPSA) is 35.8 Å². The van der Waals surface area contributed by atoms with Crippen LogP contribution >= 0.6 is 11.8 Å². The largest absolute Gasteiger partial charge is 0.299 e. The predicted octanol–water partition coefficient (Wildman–Crippen LogP) is 1.63. The zero-order valence-electron chi connectivity index (χ0n) is 7.42. The van der Waals surface area contributed by atoms with Crippen LogP contribution in [-0.4, -0.2) is 24.1 Å². The first kappa shape index (κ1) is 10.8. The zero-order chi connectivity index (χ0) is 8.69. The summed E-state index contributed by atoms with van der Waals surface area (Å²) >= 11 is 1.81. The first-order valence-electron chi connectivity index (χ1n) is 3.89. The van der Waals surface area contributed by atoms with Crippen molar-refractivity contribution < 1.29 is 0 Å². The van der Waals surface area contributed by atoms with Crippen LogP contribution in [0.2, 0.25) is 0 Å². The predicted molar refractivity (Wildman–Crippen MR) is 50.7 cm³/mol. The molecule has 2 unspecified atom stereocenters. The van der Waals surface area contributed by atoms with Crippen molar-refractivity contribution in [2.75, 3.05) is 12.0 Å². The average molecular weight is 172 g/mol. The molecule has 3 heteroatoms. The summed E-state index contributed by atoms with van der Waals surface area (Å²) in [5.41, 5.74) is 0. The summed E-state index contributed by atoms with van der Waals surface area (Å²) < 4.78 is 0. The number of thioether (sulfide) groups is 1. The maximum absolute atomic E-state index is 8.53. The van der Waals surface area contributed by atoms with Gasteiger partial charge < -0.3 is 0 Å². The molecule has 64 valence electrons. The summed E-state index contributed by atoms with van der Waals surface area (Å²) in [6.45, 7) is 4.03. The van der Waals surface area contributed by atoms with Crippen LogP contribution in [0, 0.1) is 11.3 Å². The number of hydrogen-bond acceptors (Lipinski definition) is 3. The molecule has 0 saturated heterocycles. The second kappa shape index (κ2) is 6.51. The second-order valence-corrected chi connectivity index (χ2v) is 3.49. The molecule has 0 fully saturated rings. The van der Waals surface area contributed by atoms with Crippen molar-refractivity contribution >= 4 is 11.8 Å². The van der Waals surface area contributed by atoms with E-state index in [9.17, 15) is 0 Å². The van der Waals surface area contributed by atoms with Crippen molar-refractivity contribution in [2.24, 2.45) is 0 Å². The third kappa shape index (κ3) is 5.11. The quantitative estimate of drug-likeness (QED) is 0.684. The van der Waals surface area contributed by atoms with Crippen molar-refractivity contribution in [2.45, 2.75) is 32.4 Å². The molecule has 0 radical (unpaired) electrons. The minimum atomic E-state index is -0.0212. The summed E-state index contributed by atoms with van der Waals surface area (Å²) in [5.74, 6) is 1.09. The Hall–Kier alpha value is -0.200.